The number of amides is 1. The van der Waals surface area contributed by atoms with Gasteiger partial charge in [0.05, 0.1) is 26.2 Å². The van der Waals surface area contributed by atoms with E-state index in [4.69, 9.17) is 0 Å². The SMILES string of the molecule is O=C(C[NH+]1CCCCCCC1)NC1CC[NH+](Cc2ccccc2)CC1. The van der Waals surface area contributed by atoms with Gasteiger partial charge in [0.15, 0.2) is 6.54 Å². The van der Waals surface area contributed by atoms with Crippen LogP contribution in [0.2, 0.25) is 0 Å². The molecular weight excluding hydrogens is 310 g/mol. The molecule has 2 fully saturated rings. The minimum atomic E-state index is 0.270. The highest BCUT2D eigenvalue weighted by molar-refractivity contribution is 5.77. The van der Waals surface area contributed by atoms with E-state index in [2.05, 4.69) is 35.6 Å². The van der Waals surface area contributed by atoms with Crippen molar-refractivity contribution in [1.29, 1.82) is 0 Å². The van der Waals surface area contributed by atoms with Gasteiger partial charge >= 0.3 is 0 Å². The second kappa shape index (κ2) is 9.93. The van der Waals surface area contributed by atoms with E-state index < -0.39 is 0 Å². The molecule has 1 aromatic rings. The van der Waals surface area contributed by atoms with Crippen LogP contribution in [0.1, 0.15) is 50.5 Å². The average molecular weight is 346 g/mol. The van der Waals surface area contributed by atoms with Gasteiger partial charge in [0, 0.05) is 24.4 Å². The smallest absolute Gasteiger partial charge is 0.275 e. The van der Waals surface area contributed by atoms with Crippen molar-refractivity contribution in [3.05, 3.63) is 35.9 Å². The molecule has 1 amide bonds. The molecule has 4 heteroatoms. The lowest BCUT2D eigenvalue weighted by Crippen LogP contribution is -3.13. The number of carbonyl (C=O) groups excluding carboxylic acids is 1. The first-order valence-corrected chi connectivity index (χ1v) is 10.3. The van der Waals surface area contributed by atoms with Gasteiger partial charge in [-0.05, 0) is 25.7 Å². The molecule has 3 rings (SSSR count). The number of benzene rings is 1. The van der Waals surface area contributed by atoms with Crippen molar-refractivity contribution in [2.45, 2.75) is 57.5 Å². The van der Waals surface area contributed by atoms with E-state index in [1.807, 2.05) is 0 Å². The standard InChI is InChI=1S/C21H33N3O/c25-21(18-23-13-7-2-1-3-8-14-23)22-20-11-15-24(16-12-20)17-19-9-5-4-6-10-19/h4-6,9-10,20H,1-3,7-8,11-18H2,(H,22,25)/p+2. The first-order valence-electron chi connectivity index (χ1n) is 10.3. The topological polar surface area (TPSA) is 38.0 Å². The molecule has 4 nitrogen and oxygen atoms in total. The van der Waals surface area contributed by atoms with Gasteiger partial charge in [0.25, 0.3) is 5.91 Å². The molecule has 25 heavy (non-hydrogen) atoms. The molecule has 0 spiro atoms. The van der Waals surface area contributed by atoms with Crippen molar-refractivity contribution < 1.29 is 14.6 Å². The summed E-state index contributed by atoms with van der Waals surface area (Å²) in [6, 6.07) is 11.1. The Morgan fingerprint density at radius 1 is 0.880 bits per heavy atom. The van der Waals surface area contributed by atoms with Crippen molar-refractivity contribution >= 4 is 5.91 Å². The molecule has 0 bridgehead atoms. The minimum absolute atomic E-state index is 0.270. The molecule has 0 atom stereocenters. The highest BCUT2D eigenvalue weighted by Gasteiger charge is 2.25. The van der Waals surface area contributed by atoms with E-state index in [1.165, 1.54) is 55.7 Å². The Balaban J connectivity index is 1.35. The molecule has 0 radical (unpaired) electrons. The van der Waals surface area contributed by atoms with E-state index in [9.17, 15) is 4.79 Å². The lowest BCUT2D eigenvalue weighted by Gasteiger charge is -2.30. The minimum Gasteiger partial charge on any atom is -0.348 e. The van der Waals surface area contributed by atoms with Crippen molar-refractivity contribution in [2.24, 2.45) is 0 Å². The maximum Gasteiger partial charge on any atom is 0.275 e. The Hall–Kier alpha value is -1.39. The zero-order chi connectivity index (χ0) is 17.3. The molecule has 0 unspecified atom stereocenters. The van der Waals surface area contributed by atoms with E-state index in [0.717, 1.165) is 32.5 Å². The lowest BCUT2D eigenvalue weighted by molar-refractivity contribution is -0.918. The summed E-state index contributed by atoms with van der Waals surface area (Å²) in [7, 11) is 0. The molecule has 0 aliphatic carbocycles. The van der Waals surface area contributed by atoms with Crippen LogP contribution < -0.4 is 15.1 Å². The molecular formula is C21H35N3O+2. The van der Waals surface area contributed by atoms with Crippen molar-refractivity contribution in [1.82, 2.24) is 5.32 Å². The summed E-state index contributed by atoms with van der Waals surface area (Å²) in [4.78, 5) is 15.5. The first kappa shape index (κ1) is 18.4. The quantitative estimate of drug-likeness (QED) is 0.701. The Morgan fingerprint density at radius 2 is 1.52 bits per heavy atom. The largest absolute Gasteiger partial charge is 0.348 e. The molecule has 2 aliphatic rings. The maximum absolute atomic E-state index is 12.4. The average Bonchev–Trinajstić information content (AvgIpc) is 2.60. The molecule has 1 aromatic carbocycles. The predicted octanol–water partition coefficient (Wildman–Crippen LogP) is 0.199. The first-order chi connectivity index (χ1) is 12.3. The van der Waals surface area contributed by atoms with Gasteiger partial charge in [0.1, 0.15) is 6.54 Å². The van der Waals surface area contributed by atoms with Gasteiger partial charge in [-0.25, -0.2) is 0 Å². The summed E-state index contributed by atoms with van der Waals surface area (Å²) < 4.78 is 0. The van der Waals surface area contributed by atoms with E-state index in [-0.39, 0.29) is 5.91 Å². The fraction of sp³-hybridized carbons (Fsp3) is 0.667. The van der Waals surface area contributed by atoms with Gasteiger partial charge in [-0.15, -0.1) is 0 Å². The van der Waals surface area contributed by atoms with Crippen molar-refractivity contribution in [3.8, 4) is 0 Å². The molecule has 0 aromatic heterocycles. The lowest BCUT2D eigenvalue weighted by atomic mass is 10.0. The molecule has 2 saturated heterocycles. The zero-order valence-electron chi connectivity index (χ0n) is 15.6. The molecule has 138 valence electrons. The Bertz CT molecular complexity index is 503. The summed E-state index contributed by atoms with van der Waals surface area (Å²) in [5.74, 6) is 0.270. The van der Waals surface area contributed by atoms with Crippen LogP contribution in [0, 0.1) is 0 Å². The number of nitrogens with one attached hydrogen (secondary N) is 3. The van der Waals surface area contributed by atoms with Crippen LogP contribution >= 0.6 is 0 Å². The van der Waals surface area contributed by atoms with Gasteiger partial charge in [-0.3, -0.25) is 4.79 Å². The van der Waals surface area contributed by atoms with Crippen LogP contribution in [-0.2, 0) is 11.3 Å². The summed E-state index contributed by atoms with van der Waals surface area (Å²) >= 11 is 0. The molecule has 2 aliphatic heterocycles. The molecule has 3 N–H and O–H groups in total. The molecule has 2 heterocycles. The third kappa shape index (κ3) is 6.44. The number of piperidine rings is 1. The van der Waals surface area contributed by atoms with Crippen molar-refractivity contribution in [2.75, 3.05) is 32.7 Å². The van der Waals surface area contributed by atoms with Crippen LogP contribution in [0.25, 0.3) is 0 Å². The monoisotopic (exact) mass is 345 g/mol. The fourth-order valence-corrected chi connectivity index (χ4v) is 4.32. The van der Waals surface area contributed by atoms with Crippen LogP contribution in [-0.4, -0.2) is 44.7 Å². The summed E-state index contributed by atoms with van der Waals surface area (Å²) in [5.41, 5.74) is 1.42. The Morgan fingerprint density at radius 3 is 2.20 bits per heavy atom. The highest BCUT2D eigenvalue weighted by Crippen LogP contribution is 2.03. The van der Waals surface area contributed by atoms with Crippen LogP contribution in [0.15, 0.2) is 30.3 Å². The summed E-state index contributed by atoms with van der Waals surface area (Å²) in [6.45, 7) is 6.46. The normalized spacial score (nSPS) is 25.8. The maximum atomic E-state index is 12.4. The predicted molar refractivity (Wildman–Crippen MR) is 101 cm³/mol. The van der Waals surface area contributed by atoms with Gasteiger partial charge in [-0.2, -0.15) is 0 Å². The number of quaternary nitrogens is 2. The Kier molecular flexibility index (Phi) is 7.31. The van der Waals surface area contributed by atoms with E-state index in [1.54, 1.807) is 4.90 Å². The van der Waals surface area contributed by atoms with E-state index >= 15 is 0 Å². The van der Waals surface area contributed by atoms with Crippen LogP contribution in [0.4, 0.5) is 0 Å². The number of hydrogen-bond acceptors (Lipinski definition) is 1. The third-order valence-corrected chi connectivity index (χ3v) is 5.83. The number of carbonyl (C=O) groups is 1. The molecule has 0 saturated carbocycles. The van der Waals surface area contributed by atoms with Gasteiger partial charge < -0.3 is 15.1 Å². The fourth-order valence-electron chi connectivity index (χ4n) is 4.32. The number of likely N-dealkylation sites (tertiary alicyclic amines) is 2. The van der Waals surface area contributed by atoms with Crippen LogP contribution in [0.3, 0.4) is 0 Å². The number of hydrogen-bond donors (Lipinski definition) is 3. The second-order valence-electron chi connectivity index (χ2n) is 7.95. The van der Waals surface area contributed by atoms with E-state index in [0.29, 0.717) is 12.6 Å². The van der Waals surface area contributed by atoms with Crippen LogP contribution in [0.5, 0.6) is 0 Å². The summed E-state index contributed by atoms with van der Waals surface area (Å²) in [5, 5.41) is 3.31. The van der Waals surface area contributed by atoms with Gasteiger partial charge in [-0.1, -0.05) is 36.8 Å². The third-order valence-electron chi connectivity index (χ3n) is 5.83. The number of rotatable bonds is 5. The highest BCUT2D eigenvalue weighted by atomic mass is 16.2. The Labute approximate surface area is 152 Å². The second-order valence-corrected chi connectivity index (χ2v) is 7.95. The summed E-state index contributed by atoms with van der Waals surface area (Å²) in [6.07, 6.45) is 8.85. The van der Waals surface area contributed by atoms with Crippen molar-refractivity contribution in [3.63, 3.8) is 0 Å². The zero-order valence-corrected chi connectivity index (χ0v) is 15.6. The van der Waals surface area contributed by atoms with Gasteiger partial charge in [0.2, 0.25) is 0 Å².